The first-order chi connectivity index (χ1) is 7.04. The molecule has 0 spiro atoms. The Labute approximate surface area is 97.2 Å². The zero-order valence-electron chi connectivity index (χ0n) is 8.59. The molecule has 0 aromatic heterocycles. The molecule has 2 nitrogen and oxygen atoms in total. The summed E-state index contributed by atoms with van der Waals surface area (Å²) in [6.45, 7) is 3.92. The summed E-state index contributed by atoms with van der Waals surface area (Å²) in [7, 11) is 0. The van der Waals surface area contributed by atoms with Crippen molar-refractivity contribution in [3.63, 3.8) is 0 Å². The molecule has 0 aliphatic rings. The molecule has 0 aliphatic heterocycles. The first-order valence-electron chi connectivity index (χ1n) is 4.65. The van der Waals surface area contributed by atoms with Gasteiger partial charge in [-0.1, -0.05) is 6.07 Å². The highest BCUT2D eigenvalue weighted by Gasteiger charge is 2.12. The van der Waals surface area contributed by atoms with Crippen LogP contribution in [0.25, 0.3) is 0 Å². The maximum atomic E-state index is 13.0. The molecule has 0 aliphatic carbocycles. The minimum Gasteiger partial charge on any atom is -0.296 e. The van der Waals surface area contributed by atoms with Crippen molar-refractivity contribution in [3.8, 4) is 6.07 Å². The second-order valence-electron chi connectivity index (χ2n) is 3.56. The Morgan fingerprint density at radius 3 is 2.60 bits per heavy atom. The van der Waals surface area contributed by atoms with Gasteiger partial charge in [0.25, 0.3) is 0 Å². The van der Waals surface area contributed by atoms with E-state index >= 15 is 0 Å². The monoisotopic (exact) mass is 270 g/mol. The molecule has 1 aromatic carbocycles. The molecule has 0 bridgehead atoms. The van der Waals surface area contributed by atoms with E-state index in [4.69, 9.17) is 5.26 Å². The average Bonchev–Trinajstić information content (AvgIpc) is 2.18. The molecule has 1 rings (SSSR count). The Balaban J connectivity index is 2.94. The van der Waals surface area contributed by atoms with Gasteiger partial charge in [0, 0.05) is 6.04 Å². The first kappa shape index (κ1) is 12.2. The van der Waals surface area contributed by atoms with E-state index in [1.54, 1.807) is 12.1 Å². The standard InChI is InChI=1S/C11H12BrFN2/c1-7(2)15-11(6-14)8-3-4-10(13)9(12)5-8/h3-5,7,11,15H,1-2H3. The maximum Gasteiger partial charge on any atom is 0.137 e. The summed E-state index contributed by atoms with van der Waals surface area (Å²) in [6.07, 6.45) is 0. The van der Waals surface area contributed by atoms with Crippen molar-refractivity contribution in [1.29, 1.82) is 5.26 Å². The van der Waals surface area contributed by atoms with E-state index in [1.165, 1.54) is 6.07 Å². The Kier molecular flexibility index (Phi) is 4.25. The van der Waals surface area contributed by atoms with Gasteiger partial charge in [-0.15, -0.1) is 0 Å². The summed E-state index contributed by atoms with van der Waals surface area (Å²) < 4.78 is 13.4. The lowest BCUT2D eigenvalue weighted by atomic mass is 10.1. The van der Waals surface area contributed by atoms with Crippen molar-refractivity contribution < 1.29 is 4.39 Å². The number of rotatable bonds is 3. The lowest BCUT2D eigenvalue weighted by Crippen LogP contribution is -2.27. The molecule has 1 N–H and O–H groups in total. The lowest BCUT2D eigenvalue weighted by molar-refractivity contribution is 0.544. The molecule has 4 heteroatoms. The van der Waals surface area contributed by atoms with Gasteiger partial charge in [-0.2, -0.15) is 5.26 Å². The molecule has 1 atom stereocenters. The average molecular weight is 271 g/mol. The van der Waals surface area contributed by atoms with Gasteiger partial charge in [0.15, 0.2) is 0 Å². The van der Waals surface area contributed by atoms with Gasteiger partial charge < -0.3 is 0 Å². The third-order valence-electron chi connectivity index (χ3n) is 1.91. The highest BCUT2D eigenvalue weighted by atomic mass is 79.9. The van der Waals surface area contributed by atoms with Crippen molar-refractivity contribution in [2.24, 2.45) is 0 Å². The largest absolute Gasteiger partial charge is 0.296 e. The first-order valence-corrected chi connectivity index (χ1v) is 5.44. The molecule has 80 valence electrons. The zero-order valence-corrected chi connectivity index (χ0v) is 10.2. The van der Waals surface area contributed by atoms with Crippen molar-refractivity contribution in [2.45, 2.75) is 25.9 Å². The minimum absolute atomic E-state index is 0.207. The third kappa shape index (κ3) is 3.29. The number of nitrogens with one attached hydrogen (secondary N) is 1. The molecule has 15 heavy (non-hydrogen) atoms. The second kappa shape index (κ2) is 5.24. The van der Waals surface area contributed by atoms with Crippen LogP contribution >= 0.6 is 15.9 Å². The van der Waals surface area contributed by atoms with Gasteiger partial charge >= 0.3 is 0 Å². The Hall–Kier alpha value is -0.920. The van der Waals surface area contributed by atoms with Crippen LogP contribution in [-0.2, 0) is 0 Å². The molecule has 0 amide bonds. The summed E-state index contributed by atoms with van der Waals surface area (Å²) in [5.74, 6) is -0.319. The van der Waals surface area contributed by atoms with Crippen LogP contribution in [0.4, 0.5) is 4.39 Å². The van der Waals surface area contributed by atoms with Crippen LogP contribution in [0.3, 0.4) is 0 Å². The van der Waals surface area contributed by atoms with Crippen molar-refractivity contribution in [3.05, 3.63) is 34.1 Å². The van der Waals surface area contributed by atoms with Crippen LogP contribution in [0.5, 0.6) is 0 Å². The van der Waals surface area contributed by atoms with Gasteiger partial charge in [-0.05, 0) is 47.5 Å². The molecule has 0 radical (unpaired) electrons. The summed E-state index contributed by atoms with van der Waals surface area (Å²) in [5, 5.41) is 12.1. The Morgan fingerprint density at radius 2 is 2.13 bits per heavy atom. The van der Waals surface area contributed by atoms with Crippen molar-refractivity contribution >= 4 is 15.9 Å². The number of halogens is 2. The SMILES string of the molecule is CC(C)NC(C#N)c1ccc(F)c(Br)c1. The summed E-state index contributed by atoms with van der Waals surface area (Å²) >= 11 is 3.10. The molecule has 0 fully saturated rings. The van der Waals surface area contributed by atoms with Gasteiger partial charge in [0.05, 0.1) is 10.5 Å². The minimum atomic E-state index is -0.401. The van der Waals surface area contributed by atoms with Crippen LogP contribution in [0, 0.1) is 17.1 Å². The van der Waals surface area contributed by atoms with Gasteiger partial charge in [0.1, 0.15) is 11.9 Å². The predicted octanol–water partition coefficient (Wildman–Crippen LogP) is 3.15. The summed E-state index contributed by atoms with van der Waals surface area (Å²) in [5.41, 5.74) is 0.763. The smallest absolute Gasteiger partial charge is 0.137 e. The second-order valence-corrected chi connectivity index (χ2v) is 4.41. The maximum absolute atomic E-state index is 13.0. The quantitative estimate of drug-likeness (QED) is 0.916. The van der Waals surface area contributed by atoms with E-state index < -0.39 is 6.04 Å². The molecule has 0 heterocycles. The molecule has 0 saturated carbocycles. The van der Waals surface area contributed by atoms with E-state index in [1.807, 2.05) is 13.8 Å². The fourth-order valence-corrected chi connectivity index (χ4v) is 1.63. The molecule has 1 unspecified atom stereocenters. The van der Waals surface area contributed by atoms with Crippen LogP contribution in [0.1, 0.15) is 25.5 Å². The van der Waals surface area contributed by atoms with Crippen LogP contribution in [-0.4, -0.2) is 6.04 Å². The fourth-order valence-electron chi connectivity index (χ4n) is 1.23. The number of hydrogen-bond donors (Lipinski definition) is 1. The zero-order chi connectivity index (χ0) is 11.4. The van der Waals surface area contributed by atoms with Crippen molar-refractivity contribution in [1.82, 2.24) is 5.32 Å². The number of benzene rings is 1. The van der Waals surface area contributed by atoms with E-state index in [2.05, 4.69) is 27.3 Å². The van der Waals surface area contributed by atoms with Gasteiger partial charge in [-0.25, -0.2) is 4.39 Å². The predicted molar refractivity (Wildman–Crippen MR) is 60.7 cm³/mol. The molecule has 0 saturated heterocycles. The van der Waals surface area contributed by atoms with E-state index in [-0.39, 0.29) is 11.9 Å². The highest BCUT2D eigenvalue weighted by Crippen LogP contribution is 2.21. The van der Waals surface area contributed by atoms with Crippen LogP contribution < -0.4 is 5.32 Å². The van der Waals surface area contributed by atoms with Crippen LogP contribution in [0.15, 0.2) is 22.7 Å². The third-order valence-corrected chi connectivity index (χ3v) is 2.51. The molecular formula is C11H12BrFN2. The summed E-state index contributed by atoms with van der Waals surface area (Å²) in [4.78, 5) is 0. The van der Waals surface area contributed by atoms with Crippen molar-refractivity contribution in [2.75, 3.05) is 0 Å². The fraction of sp³-hybridized carbons (Fsp3) is 0.364. The van der Waals surface area contributed by atoms with E-state index in [0.717, 1.165) is 5.56 Å². The van der Waals surface area contributed by atoms with Crippen LogP contribution in [0.2, 0.25) is 0 Å². The van der Waals surface area contributed by atoms with E-state index in [0.29, 0.717) is 4.47 Å². The number of hydrogen-bond acceptors (Lipinski definition) is 2. The lowest BCUT2D eigenvalue weighted by Gasteiger charge is -2.15. The van der Waals surface area contributed by atoms with Gasteiger partial charge in [-0.3, -0.25) is 5.32 Å². The topological polar surface area (TPSA) is 35.8 Å². The van der Waals surface area contributed by atoms with E-state index in [9.17, 15) is 4.39 Å². The normalized spacial score (nSPS) is 12.5. The Bertz CT molecular complexity index is 385. The highest BCUT2D eigenvalue weighted by molar-refractivity contribution is 9.10. The number of nitrogens with zero attached hydrogens (tertiary/aromatic N) is 1. The number of nitriles is 1. The Morgan fingerprint density at radius 1 is 1.47 bits per heavy atom. The van der Waals surface area contributed by atoms with Gasteiger partial charge in [0.2, 0.25) is 0 Å². The summed E-state index contributed by atoms with van der Waals surface area (Å²) in [6, 6.07) is 6.54. The molecule has 1 aromatic rings. The molecular weight excluding hydrogens is 259 g/mol.